The zero-order valence-electron chi connectivity index (χ0n) is 17.2. The number of carbonyl (C=O) groups is 1. The molecule has 0 saturated heterocycles. The third-order valence-electron chi connectivity index (χ3n) is 4.88. The van der Waals surface area contributed by atoms with E-state index in [0.29, 0.717) is 39.6 Å². The molecule has 0 bridgehead atoms. The van der Waals surface area contributed by atoms with Crippen molar-refractivity contribution in [1.82, 2.24) is 4.98 Å². The van der Waals surface area contributed by atoms with Crippen LogP contribution in [-0.2, 0) is 4.74 Å². The molecule has 6 nitrogen and oxygen atoms in total. The van der Waals surface area contributed by atoms with E-state index in [0.717, 1.165) is 0 Å². The molecule has 156 valence electrons. The maximum Gasteiger partial charge on any atom is 0.337 e. The van der Waals surface area contributed by atoms with Crippen molar-refractivity contribution in [3.05, 3.63) is 106 Å². The molecule has 0 aliphatic rings. The molecule has 4 aromatic rings. The molecular formula is C26H18N2O4. The van der Waals surface area contributed by atoms with Gasteiger partial charge in [0, 0.05) is 11.8 Å². The van der Waals surface area contributed by atoms with E-state index < -0.39 is 11.4 Å². The Kier molecular flexibility index (Phi) is 5.82. The van der Waals surface area contributed by atoms with E-state index in [2.05, 4.69) is 4.98 Å². The normalized spacial score (nSPS) is 10.2. The Morgan fingerprint density at radius 1 is 0.875 bits per heavy atom. The van der Waals surface area contributed by atoms with Crippen molar-refractivity contribution in [2.45, 2.75) is 0 Å². The number of ether oxygens (including phenoxy) is 2. The van der Waals surface area contributed by atoms with Crippen LogP contribution in [0, 0.1) is 11.3 Å². The monoisotopic (exact) mass is 422 g/mol. The minimum absolute atomic E-state index is 0.0247. The van der Waals surface area contributed by atoms with E-state index in [1.54, 1.807) is 48.5 Å². The van der Waals surface area contributed by atoms with E-state index >= 15 is 0 Å². The van der Waals surface area contributed by atoms with Crippen molar-refractivity contribution in [2.24, 2.45) is 0 Å². The smallest absolute Gasteiger partial charge is 0.337 e. The lowest BCUT2D eigenvalue weighted by Gasteiger charge is -2.10. The van der Waals surface area contributed by atoms with Gasteiger partial charge in [0.05, 0.1) is 18.4 Å². The Bertz CT molecular complexity index is 1350. The second kappa shape index (κ2) is 9.02. The molecule has 0 unspecified atom stereocenters. The minimum atomic E-state index is -0.441. The lowest BCUT2D eigenvalue weighted by Crippen LogP contribution is -2.09. The van der Waals surface area contributed by atoms with Gasteiger partial charge in [0.2, 0.25) is 5.43 Å². The van der Waals surface area contributed by atoms with Gasteiger partial charge in [-0.25, -0.2) is 4.79 Å². The predicted molar refractivity (Wildman–Crippen MR) is 121 cm³/mol. The van der Waals surface area contributed by atoms with E-state index in [9.17, 15) is 14.9 Å². The molecule has 0 aliphatic carbocycles. The molecule has 4 rings (SSSR count). The van der Waals surface area contributed by atoms with Gasteiger partial charge in [-0.1, -0.05) is 30.3 Å². The van der Waals surface area contributed by atoms with E-state index in [1.165, 1.54) is 13.2 Å². The largest absolute Gasteiger partial charge is 0.465 e. The Labute approximate surface area is 184 Å². The third-order valence-corrected chi connectivity index (χ3v) is 4.88. The zero-order chi connectivity index (χ0) is 22.5. The number of para-hydroxylation sites is 1. The van der Waals surface area contributed by atoms with Crippen LogP contribution in [0.15, 0.2) is 89.7 Å². The molecule has 0 aliphatic heterocycles. The van der Waals surface area contributed by atoms with E-state index in [-0.39, 0.29) is 5.56 Å². The molecule has 0 saturated carbocycles. The number of H-pyrrole nitrogens is 1. The van der Waals surface area contributed by atoms with Crippen LogP contribution in [0.5, 0.6) is 11.5 Å². The zero-order valence-corrected chi connectivity index (χ0v) is 17.2. The molecule has 3 aromatic carbocycles. The number of aromatic amines is 1. The number of aromatic nitrogens is 1. The first kappa shape index (κ1) is 20.6. The fourth-order valence-corrected chi connectivity index (χ4v) is 3.26. The molecule has 0 amide bonds. The predicted octanol–water partition coefficient (Wildman–Crippen LogP) is 5.16. The first-order valence-electron chi connectivity index (χ1n) is 9.78. The highest BCUT2D eigenvalue weighted by Gasteiger charge is 2.13. The summed E-state index contributed by atoms with van der Waals surface area (Å²) in [5, 5.41) is 9.55. The van der Waals surface area contributed by atoms with E-state index in [4.69, 9.17) is 9.47 Å². The number of nitrogens with one attached hydrogen (secondary N) is 1. The summed E-state index contributed by atoms with van der Waals surface area (Å²) in [7, 11) is 1.32. The molecule has 0 fully saturated rings. The number of methoxy groups -OCH3 is 1. The van der Waals surface area contributed by atoms with Gasteiger partial charge in [-0.2, -0.15) is 5.26 Å². The lowest BCUT2D eigenvalue weighted by atomic mass is 10.0. The second-order valence-corrected chi connectivity index (χ2v) is 6.92. The fraction of sp³-hybridized carbons (Fsp3) is 0.0385. The number of carbonyl (C=O) groups excluding carboxylic acids is 1. The van der Waals surface area contributed by atoms with Gasteiger partial charge < -0.3 is 14.5 Å². The van der Waals surface area contributed by atoms with Crippen LogP contribution in [0.4, 0.5) is 0 Å². The fourth-order valence-electron chi connectivity index (χ4n) is 3.26. The van der Waals surface area contributed by atoms with Crippen molar-refractivity contribution < 1.29 is 14.3 Å². The molecule has 1 heterocycles. The Morgan fingerprint density at radius 2 is 1.50 bits per heavy atom. The van der Waals surface area contributed by atoms with Crippen molar-refractivity contribution in [1.29, 1.82) is 5.26 Å². The number of rotatable bonds is 5. The van der Waals surface area contributed by atoms with Crippen molar-refractivity contribution in [3.8, 4) is 40.1 Å². The first-order chi connectivity index (χ1) is 15.6. The summed E-state index contributed by atoms with van der Waals surface area (Å²) in [5.41, 5.74) is 2.36. The number of pyridine rings is 1. The number of hydrogen-bond acceptors (Lipinski definition) is 5. The quantitative estimate of drug-likeness (QED) is 0.449. The first-order valence-corrected chi connectivity index (χ1v) is 9.78. The lowest BCUT2D eigenvalue weighted by molar-refractivity contribution is 0.0600. The highest BCUT2D eigenvalue weighted by atomic mass is 16.5. The van der Waals surface area contributed by atoms with Crippen molar-refractivity contribution in [3.63, 3.8) is 0 Å². The van der Waals surface area contributed by atoms with Crippen molar-refractivity contribution >= 4 is 5.97 Å². The third kappa shape index (κ3) is 4.27. The number of nitrogens with zero attached hydrogens (tertiary/aromatic N) is 1. The Balaban J connectivity index is 1.69. The van der Waals surface area contributed by atoms with Gasteiger partial charge in [-0.15, -0.1) is 0 Å². The average Bonchev–Trinajstić information content (AvgIpc) is 2.84. The Morgan fingerprint density at radius 3 is 2.12 bits per heavy atom. The van der Waals surface area contributed by atoms with Gasteiger partial charge in [0.15, 0.2) is 0 Å². The summed E-state index contributed by atoms with van der Waals surface area (Å²) >= 11 is 0. The molecule has 0 spiro atoms. The van der Waals surface area contributed by atoms with Crippen LogP contribution in [-0.4, -0.2) is 18.1 Å². The van der Waals surface area contributed by atoms with Gasteiger partial charge in [0.25, 0.3) is 0 Å². The number of hydrogen-bond donors (Lipinski definition) is 1. The maximum absolute atomic E-state index is 12.6. The summed E-state index contributed by atoms with van der Waals surface area (Å²) in [6, 6.07) is 26.5. The summed E-state index contributed by atoms with van der Waals surface area (Å²) in [4.78, 5) is 27.5. The molecule has 1 N–H and O–H groups in total. The molecule has 6 heteroatoms. The summed E-state index contributed by atoms with van der Waals surface area (Å²) in [5.74, 6) is 0.905. The highest BCUT2D eigenvalue weighted by Crippen LogP contribution is 2.27. The van der Waals surface area contributed by atoms with Crippen LogP contribution in [0.3, 0.4) is 0 Å². The maximum atomic E-state index is 12.6. The van der Waals surface area contributed by atoms with E-state index in [1.807, 2.05) is 36.4 Å². The topological polar surface area (TPSA) is 92.2 Å². The van der Waals surface area contributed by atoms with Gasteiger partial charge in [-0.3, -0.25) is 4.79 Å². The van der Waals surface area contributed by atoms with Crippen LogP contribution < -0.4 is 10.2 Å². The van der Waals surface area contributed by atoms with Gasteiger partial charge in [0.1, 0.15) is 23.1 Å². The van der Waals surface area contributed by atoms with Crippen molar-refractivity contribution in [2.75, 3.05) is 7.11 Å². The van der Waals surface area contributed by atoms with Gasteiger partial charge >= 0.3 is 5.97 Å². The van der Waals surface area contributed by atoms with Crippen LogP contribution in [0.2, 0.25) is 0 Å². The van der Waals surface area contributed by atoms with Crippen LogP contribution >= 0.6 is 0 Å². The molecule has 0 radical (unpaired) electrons. The average molecular weight is 422 g/mol. The summed E-state index contributed by atoms with van der Waals surface area (Å²) in [6.45, 7) is 0. The molecule has 1 aromatic heterocycles. The Hall–Kier alpha value is -4.63. The number of benzene rings is 3. The summed E-state index contributed by atoms with van der Waals surface area (Å²) in [6.07, 6.45) is 0. The highest BCUT2D eigenvalue weighted by molar-refractivity contribution is 5.90. The second-order valence-electron chi connectivity index (χ2n) is 6.92. The number of esters is 1. The van der Waals surface area contributed by atoms with Crippen LogP contribution in [0.1, 0.15) is 15.9 Å². The SMILES string of the molecule is COC(=O)c1ccc(-c2cc(=O)c(C#N)c(-c3ccc(Oc4ccccc4)cc3)[nH]2)cc1. The standard InChI is InChI=1S/C26H18N2O4/c1-31-26(30)19-9-7-17(8-10-19)23-15-24(29)22(16-27)25(28-23)18-11-13-21(14-12-18)32-20-5-3-2-4-6-20/h2-15H,1H3,(H,28,29). The molecule has 32 heavy (non-hydrogen) atoms. The minimum Gasteiger partial charge on any atom is -0.465 e. The molecular weight excluding hydrogens is 404 g/mol. The number of nitriles is 1. The molecule has 0 atom stereocenters. The van der Waals surface area contributed by atoms with Gasteiger partial charge in [-0.05, 0) is 59.7 Å². The summed E-state index contributed by atoms with van der Waals surface area (Å²) < 4.78 is 10.5. The van der Waals surface area contributed by atoms with Crippen LogP contribution in [0.25, 0.3) is 22.5 Å².